The lowest BCUT2D eigenvalue weighted by Gasteiger charge is -2.08. The molecule has 0 aliphatic rings. The second-order valence-corrected chi connectivity index (χ2v) is 13.5. The van der Waals surface area contributed by atoms with E-state index in [0.29, 0.717) is 26.4 Å². The number of nitrogens with zero attached hydrogens (tertiary/aromatic N) is 1. The molecule has 6 nitrogen and oxygen atoms in total. The minimum Gasteiger partial charge on any atom is -0.491 e. The van der Waals surface area contributed by atoms with Crippen LogP contribution < -0.4 is 19.7 Å². The number of alkyl halides is 1. The van der Waals surface area contributed by atoms with Gasteiger partial charge in [0.05, 0.1) is 27.4 Å². The lowest BCUT2D eigenvalue weighted by molar-refractivity contribution is 0.359. The molecule has 0 heterocycles. The van der Waals surface area contributed by atoms with Gasteiger partial charge in [-0.1, -0.05) is 116 Å². The van der Waals surface area contributed by atoms with Crippen molar-refractivity contribution in [1.29, 1.82) is 5.26 Å². The van der Waals surface area contributed by atoms with Crippen molar-refractivity contribution in [2.45, 2.75) is 26.1 Å². The molecule has 0 fully saturated rings. The quantitative estimate of drug-likeness (QED) is 0.0941. The second kappa shape index (κ2) is 25.3. The first kappa shape index (κ1) is 49.9. The largest absolute Gasteiger partial charge is 0.491 e. The maximum Gasteiger partial charge on any atom is 0.488 e. The number of rotatable bonds is 7. The Labute approximate surface area is 357 Å². The van der Waals surface area contributed by atoms with Crippen LogP contribution in [0.1, 0.15) is 23.6 Å². The van der Waals surface area contributed by atoms with E-state index in [1.807, 2.05) is 68.4 Å². The van der Waals surface area contributed by atoms with Gasteiger partial charge in [-0.25, -0.2) is 26.3 Å². The number of nitriles is 1. The SMILES string of the molecule is CC#N.COc1c(F)cc(-c2cccc(C)c2)cc1F.COc1c(F)cc(-c2cccc(CBr)c2)cc1F.COc1c(F)cc(Br)cc1F.Cc1cccc(B(O)O)c1. The number of halogens is 8. The van der Waals surface area contributed by atoms with Crippen molar-refractivity contribution in [1.82, 2.24) is 0 Å². The molecule has 0 bridgehead atoms. The lowest BCUT2D eigenvalue weighted by atomic mass is 9.80. The van der Waals surface area contributed by atoms with Crippen molar-refractivity contribution in [2.75, 3.05) is 21.3 Å². The van der Waals surface area contributed by atoms with E-state index in [1.165, 1.54) is 52.5 Å². The molecule has 6 aromatic rings. The molecule has 2 N–H and O–H groups in total. The number of ether oxygens (including phenoxy) is 3. The second-order valence-electron chi connectivity index (χ2n) is 12.1. The average Bonchev–Trinajstić information content (AvgIpc) is 3.18. The standard InChI is InChI=1S/C14H11BrF2O.C14H12F2O.C7H9BO2.C7H5BrF2O.C2H3N/c1-18-14-12(16)6-11(7-13(14)17)10-4-2-3-9(5-10)8-15;1-9-4-3-5-10(6-9)11-7-12(15)14(17-2)13(16)8-11;1-6-3-2-4-7(5-6)8(9)10;1-11-7-5(9)2-4(8)3-6(7)10;1-2-3/h2-7H,8H2,1H3;3-8H,1-2H3;2-5,9-10H,1H3;2-3H,1H3;1H3. The molecule has 0 atom stereocenters. The van der Waals surface area contributed by atoms with Crippen LogP contribution in [0.15, 0.2) is 114 Å². The summed E-state index contributed by atoms with van der Waals surface area (Å²) >= 11 is 6.29. The third-order valence-electron chi connectivity index (χ3n) is 7.68. The van der Waals surface area contributed by atoms with Crippen LogP contribution in [-0.2, 0) is 5.33 Å². The highest BCUT2D eigenvalue weighted by Gasteiger charge is 2.14. The Morgan fingerprint density at radius 2 is 0.915 bits per heavy atom. The van der Waals surface area contributed by atoms with E-state index in [-0.39, 0.29) is 17.2 Å². The van der Waals surface area contributed by atoms with Gasteiger partial charge in [0.2, 0.25) is 0 Å². The molecule has 0 saturated carbocycles. The van der Waals surface area contributed by atoms with Crippen molar-refractivity contribution >= 4 is 44.4 Å². The first-order valence-electron chi connectivity index (χ1n) is 17.2. The molecule has 0 radical (unpaired) electrons. The molecule has 310 valence electrons. The number of aryl methyl sites for hydroxylation is 2. The summed E-state index contributed by atoms with van der Waals surface area (Å²) in [6.07, 6.45) is 0. The molecule has 0 aromatic heterocycles. The molecular weight excluding hydrogens is 907 g/mol. The van der Waals surface area contributed by atoms with Gasteiger partial charge in [0, 0.05) is 16.7 Å². The highest BCUT2D eigenvalue weighted by atomic mass is 79.9. The van der Waals surface area contributed by atoms with Gasteiger partial charge in [-0.05, 0) is 83.5 Å². The fourth-order valence-electron chi connectivity index (χ4n) is 5.06. The summed E-state index contributed by atoms with van der Waals surface area (Å²) in [4.78, 5) is 0. The first-order chi connectivity index (χ1) is 28.0. The molecule has 59 heavy (non-hydrogen) atoms. The fraction of sp³-hybridized carbons (Fsp3) is 0.159. The topological polar surface area (TPSA) is 91.9 Å². The van der Waals surface area contributed by atoms with Crippen LogP contribution in [0.2, 0.25) is 0 Å². The summed E-state index contributed by atoms with van der Waals surface area (Å²) in [5, 5.41) is 25.4. The van der Waals surface area contributed by atoms with Crippen LogP contribution in [0, 0.1) is 60.1 Å². The zero-order valence-electron chi connectivity index (χ0n) is 32.8. The van der Waals surface area contributed by atoms with Crippen LogP contribution in [0.25, 0.3) is 22.3 Å². The smallest absolute Gasteiger partial charge is 0.488 e. The fourth-order valence-corrected chi connectivity index (χ4v) is 5.81. The van der Waals surface area contributed by atoms with Gasteiger partial charge in [0.15, 0.2) is 52.2 Å². The summed E-state index contributed by atoms with van der Waals surface area (Å²) in [6.45, 7) is 5.27. The first-order valence-corrected chi connectivity index (χ1v) is 19.2. The number of hydrogen-bond acceptors (Lipinski definition) is 6. The molecule has 0 amide bonds. The van der Waals surface area contributed by atoms with Crippen molar-refractivity contribution in [2.24, 2.45) is 0 Å². The molecule has 6 aromatic carbocycles. The highest BCUT2D eigenvalue weighted by Crippen LogP contribution is 2.31. The predicted octanol–water partition coefficient (Wildman–Crippen LogP) is 11.4. The summed E-state index contributed by atoms with van der Waals surface area (Å²) in [5.41, 5.74) is 6.21. The normalized spacial score (nSPS) is 9.75. The summed E-state index contributed by atoms with van der Waals surface area (Å²) < 4.78 is 93.8. The van der Waals surface area contributed by atoms with E-state index in [0.717, 1.165) is 39.9 Å². The van der Waals surface area contributed by atoms with E-state index in [1.54, 1.807) is 24.3 Å². The van der Waals surface area contributed by atoms with Crippen LogP contribution in [0.3, 0.4) is 0 Å². The molecule has 0 saturated heterocycles. The van der Waals surface area contributed by atoms with Crippen molar-refractivity contribution in [3.05, 3.63) is 165 Å². The third kappa shape index (κ3) is 15.8. The van der Waals surface area contributed by atoms with Gasteiger partial charge in [-0.15, -0.1) is 0 Å². The number of benzene rings is 6. The maximum absolute atomic E-state index is 13.6. The Kier molecular flexibility index (Phi) is 21.4. The molecule has 15 heteroatoms. The maximum atomic E-state index is 13.6. The van der Waals surface area contributed by atoms with Gasteiger partial charge in [-0.2, -0.15) is 5.26 Å². The van der Waals surface area contributed by atoms with Crippen LogP contribution in [-0.4, -0.2) is 38.5 Å². The Morgan fingerprint density at radius 1 is 0.559 bits per heavy atom. The van der Waals surface area contributed by atoms with Gasteiger partial charge in [0.25, 0.3) is 0 Å². The summed E-state index contributed by atoms with van der Waals surface area (Å²) in [6, 6.07) is 31.2. The average molecular weight is 947 g/mol. The predicted molar refractivity (Wildman–Crippen MR) is 227 cm³/mol. The van der Waals surface area contributed by atoms with E-state index in [2.05, 4.69) is 46.1 Å². The van der Waals surface area contributed by atoms with Gasteiger partial charge < -0.3 is 24.3 Å². The minimum atomic E-state index is -1.35. The van der Waals surface area contributed by atoms with Crippen LogP contribution in [0.4, 0.5) is 26.3 Å². The zero-order valence-corrected chi connectivity index (χ0v) is 35.9. The molecule has 0 unspecified atom stereocenters. The van der Waals surface area contributed by atoms with E-state index in [4.69, 9.17) is 15.3 Å². The Morgan fingerprint density at radius 3 is 1.25 bits per heavy atom. The van der Waals surface area contributed by atoms with Gasteiger partial charge in [-0.3, -0.25) is 0 Å². The van der Waals surface area contributed by atoms with Crippen LogP contribution >= 0.6 is 31.9 Å². The van der Waals surface area contributed by atoms with Crippen LogP contribution in [0.5, 0.6) is 17.2 Å². The molecule has 0 aliphatic heterocycles. The molecule has 0 aliphatic carbocycles. The Hall–Kier alpha value is -5.27. The summed E-state index contributed by atoms with van der Waals surface area (Å²) in [5.74, 6) is -5.25. The molecule has 6 rings (SSSR count). The third-order valence-corrected chi connectivity index (χ3v) is 8.78. The van der Waals surface area contributed by atoms with Gasteiger partial charge in [0.1, 0.15) is 0 Å². The van der Waals surface area contributed by atoms with Crippen molar-refractivity contribution in [3.63, 3.8) is 0 Å². The zero-order chi connectivity index (χ0) is 44.2. The molecule has 0 spiro atoms. The van der Waals surface area contributed by atoms with Crippen molar-refractivity contribution in [3.8, 4) is 45.6 Å². The Bertz CT molecular complexity index is 2260. The van der Waals surface area contributed by atoms with Crippen molar-refractivity contribution < 1.29 is 50.6 Å². The molecular formula is C44H40BBr2F6NO5. The van der Waals surface area contributed by atoms with Gasteiger partial charge >= 0.3 is 7.12 Å². The van der Waals surface area contributed by atoms with E-state index >= 15 is 0 Å². The Balaban J connectivity index is 0.000000272. The number of methoxy groups -OCH3 is 3. The lowest BCUT2D eigenvalue weighted by Crippen LogP contribution is -2.29. The number of hydrogen-bond donors (Lipinski definition) is 2. The van der Waals surface area contributed by atoms with E-state index < -0.39 is 42.0 Å². The monoisotopic (exact) mass is 945 g/mol. The summed E-state index contributed by atoms with van der Waals surface area (Å²) in [7, 11) is 2.36. The van der Waals surface area contributed by atoms with E-state index in [9.17, 15) is 26.3 Å². The minimum absolute atomic E-state index is 0.346. The highest BCUT2D eigenvalue weighted by molar-refractivity contribution is 9.10.